The van der Waals surface area contributed by atoms with Gasteiger partial charge in [-0.05, 0) is 49.2 Å². The first kappa shape index (κ1) is 22.9. The topological polar surface area (TPSA) is 65.4 Å². The number of aliphatic hydroxyl groups is 2. The van der Waals surface area contributed by atoms with Crippen molar-refractivity contribution in [1.29, 1.82) is 0 Å². The van der Waals surface area contributed by atoms with E-state index in [-0.39, 0.29) is 31.4 Å². The molecule has 2 saturated heterocycles. The standard InChI is InChI=1S/C24H30F2N2O4/c25-19-5-7-20(8-6-19)32-18-24(30)16-27(13-14-31-17-24)15-23(29)9-11-28(12-10-23)22-4-2-1-3-21(22)26/h1-8,29-30H,9-18H2. The fourth-order valence-electron chi connectivity index (χ4n) is 4.41. The van der Waals surface area contributed by atoms with Gasteiger partial charge in [0.2, 0.25) is 0 Å². The van der Waals surface area contributed by atoms with Crippen LogP contribution in [0.25, 0.3) is 0 Å². The first-order valence-corrected chi connectivity index (χ1v) is 11.0. The summed E-state index contributed by atoms with van der Waals surface area (Å²) in [6, 6.07) is 12.3. The maximum Gasteiger partial charge on any atom is 0.146 e. The fraction of sp³-hybridized carbons (Fsp3) is 0.500. The first-order chi connectivity index (χ1) is 15.3. The van der Waals surface area contributed by atoms with Gasteiger partial charge in [0.05, 0.1) is 24.5 Å². The highest BCUT2D eigenvalue weighted by Crippen LogP contribution is 2.29. The van der Waals surface area contributed by atoms with Crippen LogP contribution in [0.3, 0.4) is 0 Å². The second-order valence-electron chi connectivity index (χ2n) is 8.89. The van der Waals surface area contributed by atoms with E-state index < -0.39 is 11.2 Å². The van der Waals surface area contributed by atoms with Gasteiger partial charge in [-0.15, -0.1) is 0 Å². The maximum absolute atomic E-state index is 14.1. The van der Waals surface area contributed by atoms with Gasteiger partial charge in [-0.2, -0.15) is 0 Å². The number of benzene rings is 2. The molecule has 0 saturated carbocycles. The monoisotopic (exact) mass is 448 g/mol. The quantitative estimate of drug-likeness (QED) is 0.708. The lowest BCUT2D eigenvalue weighted by atomic mass is 9.90. The molecule has 2 aromatic carbocycles. The predicted octanol–water partition coefficient (Wildman–Crippen LogP) is 2.44. The normalized spacial score (nSPS) is 24.2. The van der Waals surface area contributed by atoms with E-state index in [0.717, 1.165) is 0 Å². The van der Waals surface area contributed by atoms with Crippen molar-refractivity contribution in [3.8, 4) is 5.75 Å². The Morgan fingerprint density at radius 2 is 1.66 bits per heavy atom. The van der Waals surface area contributed by atoms with Gasteiger partial charge >= 0.3 is 0 Å². The van der Waals surface area contributed by atoms with Crippen LogP contribution in [0, 0.1) is 11.6 Å². The molecular weight excluding hydrogens is 418 g/mol. The van der Waals surface area contributed by atoms with E-state index in [1.807, 2.05) is 15.9 Å². The van der Waals surface area contributed by atoms with E-state index in [9.17, 15) is 19.0 Å². The Balaban J connectivity index is 1.33. The minimum absolute atomic E-state index is 0.00533. The minimum Gasteiger partial charge on any atom is -0.490 e. The Bertz CT molecular complexity index is 890. The Morgan fingerprint density at radius 1 is 0.938 bits per heavy atom. The average molecular weight is 449 g/mol. The summed E-state index contributed by atoms with van der Waals surface area (Å²) in [4.78, 5) is 3.96. The molecule has 0 amide bonds. The molecule has 0 spiro atoms. The van der Waals surface area contributed by atoms with Gasteiger partial charge in [0.25, 0.3) is 0 Å². The lowest BCUT2D eigenvalue weighted by Crippen LogP contribution is -2.55. The van der Waals surface area contributed by atoms with E-state index in [2.05, 4.69) is 0 Å². The van der Waals surface area contributed by atoms with Gasteiger partial charge in [-0.1, -0.05) is 12.1 Å². The van der Waals surface area contributed by atoms with Gasteiger partial charge < -0.3 is 24.6 Å². The lowest BCUT2D eigenvalue weighted by molar-refractivity contribution is -0.0742. The van der Waals surface area contributed by atoms with Crippen molar-refractivity contribution in [3.63, 3.8) is 0 Å². The number of hydrogen-bond acceptors (Lipinski definition) is 6. The summed E-state index contributed by atoms with van der Waals surface area (Å²) < 4.78 is 38.4. The van der Waals surface area contributed by atoms with Gasteiger partial charge in [0.1, 0.15) is 29.6 Å². The zero-order chi connectivity index (χ0) is 22.6. The molecule has 4 rings (SSSR count). The zero-order valence-electron chi connectivity index (χ0n) is 18.1. The number of nitrogens with zero attached hydrogens (tertiary/aromatic N) is 2. The Kier molecular flexibility index (Phi) is 6.95. The van der Waals surface area contributed by atoms with E-state index in [1.165, 1.54) is 30.3 Å². The Morgan fingerprint density at radius 3 is 2.38 bits per heavy atom. The van der Waals surface area contributed by atoms with Crippen LogP contribution < -0.4 is 9.64 Å². The smallest absolute Gasteiger partial charge is 0.146 e. The highest BCUT2D eigenvalue weighted by atomic mass is 19.1. The van der Waals surface area contributed by atoms with Crippen LogP contribution in [0.2, 0.25) is 0 Å². The van der Waals surface area contributed by atoms with Crippen LogP contribution in [0.5, 0.6) is 5.75 Å². The van der Waals surface area contributed by atoms with Crippen LogP contribution in [0.15, 0.2) is 48.5 Å². The average Bonchev–Trinajstić information content (AvgIpc) is 2.95. The van der Waals surface area contributed by atoms with Crippen molar-refractivity contribution < 1.29 is 28.5 Å². The van der Waals surface area contributed by atoms with E-state index >= 15 is 0 Å². The summed E-state index contributed by atoms with van der Waals surface area (Å²) in [5.41, 5.74) is -1.62. The van der Waals surface area contributed by atoms with Crippen LogP contribution in [-0.2, 0) is 4.74 Å². The third kappa shape index (κ3) is 5.75. The summed E-state index contributed by atoms with van der Waals surface area (Å²) in [7, 11) is 0. The molecule has 1 atom stereocenters. The number of β-amino-alcohol motifs (C(OH)–C–C–N with tert-alkyl or cyclic N) is 2. The van der Waals surface area contributed by atoms with Crippen molar-refractivity contribution >= 4 is 5.69 Å². The maximum atomic E-state index is 14.1. The predicted molar refractivity (Wildman–Crippen MR) is 117 cm³/mol. The molecule has 0 bridgehead atoms. The summed E-state index contributed by atoms with van der Waals surface area (Å²) >= 11 is 0. The molecule has 6 nitrogen and oxygen atoms in total. The first-order valence-electron chi connectivity index (χ1n) is 11.0. The third-order valence-electron chi connectivity index (χ3n) is 6.17. The van der Waals surface area contributed by atoms with Crippen molar-refractivity contribution in [2.45, 2.75) is 24.0 Å². The molecule has 32 heavy (non-hydrogen) atoms. The molecule has 174 valence electrons. The number of ether oxygens (including phenoxy) is 2. The SMILES string of the molecule is OC1(CN2CCOCC(O)(COc3ccc(F)cc3)C2)CCN(c2ccccc2F)CC1. The molecule has 1 unspecified atom stereocenters. The van der Waals surface area contributed by atoms with Gasteiger partial charge in [-0.3, -0.25) is 4.90 Å². The Labute approximate surface area is 187 Å². The van der Waals surface area contributed by atoms with Crippen molar-refractivity contribution in [2.75, 3.05) is 57.4 Å². The van der Waals surface area contributed by atoms with Gasteiger partial charge in [0, 0.05) is 32.7 Å². The number of hydrogen-bond donors (Lipinski definition) is 2. The van der Waals surface area contributed by atoms with Crippen molar-refractivity contribution in [1.82, 2.24) is 4.90 Å². The zero-order valence-corrected chi connectivity index (χ0v) is 18.1. The molecule has 2 aliphatic heterocycles. The number of para-hydroxylation sites is 1. The Hall–Kier alpha value is -2.26. The minimum atomic E-state index is -1.25. The summed E-state index contributed by atoms with van der Waals surface area (Å²) in [5, 5.41) is 22.3. The molecule has 2 heterocycles. The highest BCUT2D eigenvalue weighted by Gasteiger charge is 2.39. The van der Waals surface area contributed by atoms with Crippen LogP contribution in [0.1, 0.15) is 12.8 Å². The van der Waals surface area contributed by atoms with Crippen molar-refractivity contribution in [3.05, 3.63) is 60.2 Å². The third-order valence-corrected chi connectivity index (χ3v) is 6.17. The second-order valence-corrected chi connectivity index (χ2v) is 8.89. The van der Waals surface area contributed by atoms with Crippen molar-refractivity contribution in [2.24, 2.45) is 0 Å². The van der Waals surface area contributed by atoms with Gasteiger partial charge in [0.15, 0.2) is 0 Å². The van der Waals surface area contributed by atoms with Gasteiger partial charge in [-0.25, -0.2) is 8.78 Å². The van der Waals surface area contributed by atoms with E-state index in [1.54, 1.807) is 12.1 Å². The van der Waals surface area contributed by atoms with Crippen LogP contribution in [-0.4, -0.2) is 78.9 Å². The van der Waals surface area contributed by atoms with E-state index in [0.29, 0.717) is 57.1 Å². The summed E-state index contributed by atoms with van der Waals surface area (Å²) in [5.74, 6) is -0.141. The molecule has 2 fully saturated rings. The van der Waals surface area contributed by atoms with E-state index in [4.69, 9.17) is 9.47 Å². The largest absolute Gasteiger partial charge is 0.490 e. The summed E-state index contributed by atoms with van der Waals surface area (Å²) in [6.07, 6.45) is 1.01. The molecule has 2 aromatic rings. The fourth-order valence-corrected chi connectivity index (χ4v) is 4.41. The lowest BCUT2D eigenvalue weighted by Gasteiger charge is -2.42. The number of rotatable bonds is 6. The highest BCUT2D eigenvalue weighted by molar-refractivity contribution is 5.48. The van der Waals surface area contributed by atoms with Crippen LogP contribution >= 0.6 is 0 Å². The molecular formula is C24H30F2N2O4. The number of piperidine rings is 1. The van der Waals surface area contributed by atoms with Crippen LogP contribution in [0.4, 0.5) is 14.5 Å². The molecule has 8 heteroatoms. The molecule has 0 aliphatic carbocycles. The number of halogens is 2. The summed E-state index contributed by atoms with van der Waals surface area (Å²) in [6.45, 7) is 2.92. The molecule has 0 aromatic heterocycles. The number of anilines is 1. The molecule has 2 N–H and O–H groups in total. The second kappa shape index (κ2) is 9.70. The molecule has 2 aliphatic rings. The molecule has 0 radical (unpaired) electrons.